The van der Waals surface area contributed by atoms with Crippen LogP contribution in [0.5, 0.6) is 0 Å². The molecular weight excluding hydrogens is 381 g/mol. The molecule has 152 valence electrons. The van der Waals surface area contributed by atoms with Crippen molar-refractivity contribution in [3.63, 3.8) is 0 Å². The van der Waals surface area contributed by atoms with Crippen LogP contribution in [0.1, 0.15) is 40.4 Å². The Morgan fingerprint density at radius 1 is 1.14 bits per heavy atom. The first-order chi connectivity index (χ1) is 13.6. The monoisotopic (exact) mass is 402 g/mol. The largest absolute Gasteiger partial charge is 0.409 e. The van der Waals surface area contributed by atoms with Crippen LogP contribution in [-0.2, 0) is 11.2 Å². The van der Waals surface area contributed by atoms with Crippen LogP contribution in [0.4, 0.5) is 24.5 Å². The number of anilines is 2. The number of aryl methyl sites for hydroxylation is 2. The lowest BCUT2D eigenvalue weighted by molar-refractivity contribution is -0.116. The second kappa shape index (κ2) is 8.11. The SMILES string of the molecule is CC(=O)N1CCCc2ccc(NC(=O)c3ccc(/C=C/C(F)(F)F)cc3C)cc21. The number of benzene rings is 2. The van der Waals surface area contributed by atoms with Gasteiger partial charge in [-0.1, -0.05) is 24.3 Å². The predicted molar refractivity (Wildman–Crippen MR) is 107 cm³/mol. The number of amides is 2. The Balaban J connectivity index is 1.79. The maximum Gasteiger partial charge on any atom is 0.409 e. The van der Waals surface area contributed by atoms with E-state index in [-0.39, 0.29) is 17.9 Å². The Kier molecular flexibility index (Phi) is 5.77. The van der Waals surface area contributed by atoms with Crippen molar-refractivity contribution in [3.8, 4) is 0 Å². The molecule has 3 rings (SSSR count). The molecule has 0 fully saturated rings. The first kappa shape index (κ1) is 20.6. The number of carbonyl (C=O) groups excluding carboxylic acids is 2. The molecule has 2 aromatic rings. The van der Waals surface area contributed by atoms with Crippen LogP contribution in [0.25, 0.3) is 6.08 Å². The zero-order valence-corrected chi connectivity index (χ0v) is 16.1. The van der Waals surface area contributed by atoms with Gasteiger partial charge in [-0.25, -0.2) is 0 Å². The number of hydrogen-bond donors (Lipinski definition) is 1. The Labute approximate surface area is 167 Å². The first-order valence-electron chi connectivity index (χ1n) is 9.23. The predicted octanol–water partition coefficient (Wildman–Crippen LogP) is 5.12. The molecule has 0 bridgehead atoms. The van der Waals surface area contributed by atoms with Crippen LogP contribution in [0.3, 0.4) is 0 Å². The zero-order chi connectivity index (χ0) is 21.2. The maximum absolute atomic E-state index is 12.7. The summed E-state index contributed by atoms with van der Waals surface area (Å²) in [6.07, 6.45) is -1.49. The molecule has 0 saturated carbocycles. The van der Waals surface area contributed by atoms with Crippen molar-refractivity contribution in [2.75, 3.05) is 16.8 Å². The van der Waals surface area contributed by atoms with E-state index in [0.29, 0.717) is 28.9 Å². The summed E-state index contributed by atoms with van der Waals surface area (Å²) in [4.78, 5) is 26.2. The summed E-state index contributed by atoms with van der Waals surface area (Å²) in [6, 6.07) is 9.97. The molecule has 0 radical (unpaired) electrons. The molecule has 1 aliphatic rings. The number of allylic oxidation sites excluding steroid dienone is 1. The highest BCUT2D eigenvalue weighted by Gasteiger charge is 2.22. The average Bonchev–Trinajstić information content (AvgIpc) is 2.65. The van der Waals surface area contributed by atoms with Crippen LogP contribution >= 0.6 is 0 Å². The van der Waals surface area contributed by atoms with Gasteiger partial charge in [-0.2, -0.15) is 13.2 Å². The summed E-state index contributed by atoms with van der Waals surface area (Å²) in [7, 11) is 0. The fourth-order valence-corrected chi connectivity index (χ4v) is 3.41. The van der Waals surface area contributed by atoms with E-state index in [1.807, 2.05) is 6.07 Å². The summed E-state index contributed by atoms with van der Waals surface area (Å²) < 4.78 is 36.9. The molecule has 1 heterocycles. The average molecular weight is 402 g/mol. The van der Waals surface area contributed by atoms with Gasteiger partial charge in [-0.05, 0) is 54.7 Å². The fourth-order valence-electron chi connectivity index (χ4n) is 3.41. The van der Waals surface area contributed by atoms with E-state index < -0.39 is 6.18 Å². The molecular formula is C22H21F3N2O2. The standard InChI is InChI=1S/C22H21F3N2O2/c1-14-12-16(9-10-22(23,24)25)5-8-19(14)21(29)26-18-7-6-17-4-3-11-27(15(2)28)20(17)13-18/h5-10,12-13H,3-4,11H2,1-2H3,(H,26,29)/b10-9+. The van der Waals surface area contributed by atoms with Gasteiger partial charge in [0.1, 0.15) is 0 Å². The van der Waals surface area contributed by atoms with E-state index in [1.54, 1.807) is 24.0 Å². The van der Waals surface area contributed by atoms with Crippen LogP contribution in [-0.4, -0.2) is 24.5 Å². The lowest BCUT2D eigenvalue weighted by Gasteiger charge is -2.29. The normalized spacial score (nSPS) is 14.0. The molecule has 29 heavy (non-hydrogen) atoms. The number of alkyl halides is 3. The van der Waals surface area contributed by atoms with Crippen molar-refractivity contribution in [3.05, 3.63) is 64.7 Å². The van der Waals surface area contributed by atoms with E-state index in [1.165, 1.54) is 25.1 Å². The van der Waals surface area contributed by atoms with E-state index in [0.717, 1.165) is 30.2 Å². The molecule has 0 atom stereocenters. The van der Waals surface area contributed by atoms with E-state index >= 15 is 0 Å². The minimum absolute atomic E-state index is 0.0484. The Morgan fingerprint density at radius 2 is 1.90 bits per heavy atom. The fraction of sp³-hybridized carbons (Fsp3) is 0.273. The molecule has 7 heteroatoms. The van der Waals surface area contributed by atoms with Crippen LogP contribution in [0.15, 0.2) is 42.5 Å². The molecule has 0 aliphatic carbocycles. The number of nitrogens with zero attached hydrogens (tertiary/aromatic N) is 1. The van der Waals surface area contributed by atoms with E-state index in [4.69, 9.17) is 0 Å². The second-order valence-corrected chi connectivity index (χ2v) is 7.02. The maximum atomic E-state index is 12.7. The molecule has 0 spiro atoms. The van der Waals surface area contributed by atoms with Gasteiger partial charge < -0.3 is 10.2 Å². The minimum Gasteiger partial charge on any atom is -0.322 e. The van der Waals surface area contributed by atoms with E-state index in [9.17, 15) is 22.8 Å². The highest BCUT2D eigenvalue weighted by Crippen LogP contribution is 2.30. The van der Waals surface area contributed by atoms with Gasteiger partial charge in [0.05, 0.1) is 0 Å². The summed E-state index contributed by atoms with van der Waals surface area (Å²) in [6.45, 7) is 3.83. The van der Waals surface area contributed by atoms with Gasteiger partial charge in [0.2, 0.25) is 5.91 Å². The van der Waals surface area contributed by atoms with Crippen LogP contribution < -0.4 is 10.2 Å². The molecule has 2 amide bonds. The lowest BCUT2D eigenvalue weighted by atomic mass is 10.0. The third-order valence-electron chi connectivity index (χ3n) is 4.80. The third kappa shape index (κ3) is 5.04. The van der Waals surface area contributed by atoms with Gasteiger partial charge in [-0.15, -0.1) is 0 Å². The van der Waals surface area contributed by atoms with Crippen molar-refractivity contribution >= 4 is 29.3 Å². The quantitative estimate of drug-likeness (QED) is 0.775. The summed E-state index contributed by atoms with van der Waals surface area (Å²) in [5, 5.41) is 2.81. The van der Waals surface area contributed by atoms with Crippen molar-refractivity contribution in [2.24, 2.45) is 0 Å². The lowest BCUT2D eigenvalue weighted by Crippen LogP contribution is -2.33. The van der Waals surface area contributed by atoms with Gasteiger partial charge in [0, 0.05) is 36.5 Å². The summed E-state index contributed by atoms with van der Waals surface area (Å²) in [5.74, 6) is -0.410. The second-order valence-electron chi connectivity index (χ2n) is 7.02. The summed E-state index contributed by atoms with van der Waals surface area (Å²) in [5.41, 5.74) is 3.71. The molecule has 1 N–H and O–H groups in total. The number of rotatable bonds is 3. The van der Waals surface area contributed by atoms with E-state index in [2.05, 4.69) is 5.32 Å². The smallest absolute Gasteiger partial charge is 0.322 e. The molecule has 2 aromatic carbocycles. The highest BCUT2D eigenvalue weighted by molar-refractivity contribution is 6.06. The minimum atomic E-state index is -4.38. The number of nitrogens with one attached hydrogen (secondary N) is 1. The Morgan fingerprint density at radius 3 is 2.55 bits per heavy atom. The van der Waals surface area contributed by atoms with Gasteiger partial charge in [0.25, 0.3) is 5.91 Å². The van der Waals surface area contributed by atoms with Crippen molar-refractivity contribution in [1.29, 1.82) is 0 Å². The van der Waals surface area contributed by atoms with Crippen LogP contribution in [0.2, 0.25) is 0 Å². The Hall–Kier alpha value is -3.09. The van der Waals surface area contributed by atoms with Crippen molar-refractivity contribution < 1.29 is 22.8 Å². The number of halogens is 3. The number of fused-ring (bicyclic) bond motifs is 1. The zero-order valence-electron chi connectivity index (χ0n) is 16.1. The Bertz CT molecular complexity index is 981. The van der Waals surface area contributed by atoms with Crippen molar-refractivity contribution in [2.45, 2.75) is 32.9 Å². The molecule has 4 nitrogen and oxygen atoms in total. The van der Waals surface area contributed by atoms with Gasteiger partial charge >= 0.3 is 6.18 Å². The third-order valence-corrected chi connectivity index (χ3v) is 4.80. The number of carbonyl (C=O) groups is 2. The topological polar surface area (TPSA) is 49.4 Å². The number of hydrogen-bond acceptors (Lipinski definition) is 2. The highest BCUT2D eigenvalue weighted by atomic mass is 19.4. The first-order valence-corrected chi connectivity index (χ1v) is 9.23. The van der Waals surface area contributed by atoms with Crippen molar-refractivity contribution in [1.82, 2.24) is 0 Å². The molecule has 0 unspecified atom stereocenters. The molecule has 0 aromatic heterocycles. The molecule has 0 saturated heterocycles. The summed E-state index contributed by atoms with van der Waals surface area (Å²) >= 11 is 0. The van der Waals surface area contributed by atoms with Crippen LogP contribution in [0, 0.1) is 6.92 Å². The van der Waals surface area contributed by atoms with Gasteiger partial charge in [0.15, 0.2) is 0 Å². The molecule has 1 aliphatic heterocycles. The van der Waals surface area contributed by atoms with Gasteiger partial charge in [-0.3, -0.25) is 9.59 Å².